The van der Waals surface area contributed by atoms with Gasteiger partial charge >= 0.3 is 0 Å². The van der Waals surface area contributed by atoms with Gasteiger partial charge in [0.25, 0.3) is 5.69 Å². The molecule has 1 aliphatic heterocycles. The molecule has 6 nitrogen and oxygen atoms in total. The van der Waals surface area contributed by atoms with Crippen LogP contribution in [0.1, 0.15) is 0 Å². The molecule has 1 fully saturated rings. The Morgan fingerprint density at radius 2 is 2.39 bits per heavy atom. The summed E-state index contributed by atoms with van der Waals surface area (Å²) in [5, 5.41) is 10.7. The maximum atomic E-state index is 10.7. The summed E-state index contributed by atoms with van der Waals surface area (Å²) in [6.45, 7) is 2.63. The summed E-state index contributed by atoms with van der Waals surface area (Å²) in [5.74, 6) is 0. The lowest BCUT2D eigenvalue weighted by molar-refractivity contribution is -0.384. The van der Waals surface area contributed by atoms with E-state index in [0.29, 0.717) is 13.2 Å². The summed E-state index contributed by atoms with van der Waals surface area (Å²) >= 11 is 2.12. The van der Waals surface area contributed by atoms with Crippen LogP contribution in [0.15, 0.2) is 18.2 Å². The van der Waals surface area contributed by atoms with E-state index in [1.54, 1.807) is 12.1 Å². The van der Waals surface area contributed by atoms with Crippen LogP contribution < -0.4 is 10.6 Å². The molecule has 0 saturated carbocycles. The highest BCUT2D eigenvalue weighted by atomic mass is 127. The number of ether oxygens (including phenoxy) is 1. The molecular formula is C11H14IN3O3. The second kappa shape index (κ2) is 5.81. The van der Waals surface area contributed by atoms with E-state index in [-0.39, 0.29) is 16.7 Å². The number of nitrogens with two attached hydrogens (primary N) is 1. The van der Waals surface area contributed by atoms with Gasteiger partial charge in [-0.25, -0.2) is 0 Å². The maximum absolute atomic E-state index is 10.7. The predicted molar refractivity (Wildman–Crippen MR) is 76.8 cm³/mol. The summed E-state index contributed by atoms with van der Waals surface area (Å²) < 4.78 is 6.38. The minimum atomic E-state index is -0.381. The number of non-ortho nitro benzene ring substituents is 1. The minimum absolute atomic E-state index is 0.0322. The van der Waals surface area contributed by atoms with Crippen molar-refractivity contribution in [2.24, 2.45) is 5.73 Å². The van der Waals surface area contributed by atoms with E-state index in [1.165, 1.54) is 6.07 Å². The molecule has 2 N–H and O–H groups in total. The number of nitro groups is 1. The molecule has 1 unspecified atom stereocenters. The molecular weight excluding hydrogens is 349 g/mol. The second-order valence-electron chi connectivity index (χ2n) is 4.07. The Morgan fingerprint density at radius 3 is 3.00 bits per heavy atom. The van der Waals surface area contributed by atoms with Gasteiger partial charge in [-0.2, -0.15) is 0 Å². The van der Waals surface area contributed by atoms with Gasteiger partial charge in [0.2, 0.25) is 0 Å². The molecule has 1 atom stereocenters. The molecule has 0 spiro atoms. The Bertz CT molecular complexity index is 455. The number of halogens is 1. The fraction of sp³-hybridized carbons (Fsp3) is 0.455. The second-order valence-corrected chi connectivity index (χ2v) is 5.23. The first-order valence-electron chi connectivity index (χ1n) is 5.62. The van der Waals surface area contributed by atoms with Crippen molar-refractivity contribution >= 4 is 34.0 Å². The van der Waals surface area contributed by atoms with Gasteiger partial charge < -0.3 is 15.4 Å². The number of rotatable bonds is 3. The van der Waals surface area contributed by atoms with Crippen molar-refractivity contribution < 1.29 is 9.66 Å². The standard InChI is InChI=1S/C11H14IN3O3/c12-10-5-8(15(16)17)1-2-11(10)14-3-4-18-9(6-13)7-14/h1-2,5,9H,3-4,6-7,13H2. The molecule has 1 aromatic rings. The van der Waals surface area contributed by atoms with Crippen LogP contribution >= 0.6 is 22.6 Å². The van der Waals surface area contributed by atoms with Gasteiger partial charge in [0.1, 0.15) is 0 Å². The third-order valence-electron chi connectivity index (χ3n) is 2.88. The zero-order valence-electron chi connectivity index (χ0n) is 9.71. The minimum Gasteiger partial charge on any atom is -0.373 e. The van der Waals surface area contributed by atoms with Crippen LogP contribution in [0.4, 0.5) is 11.4 Å². The van der Waals surface area contributed by atoms with Crippen LogP contribution in [0.2, 0.25) is 0 Å². The van der Waals surface area contributed by atoms with Crippen molar-refractivity contribution in [3.8, 4) is 0 Å². The Kier molecular flexibility index (Phi) is 4.36. The third-order valence-corrected chi connectivity index (χ3v) is 3.75. The van der Waals surface area contributed by atoms with Crippen LogP contribution in [-0.4, -0.2) is 37.3 Å². The molecule has 0 aliphatic carbocycles. The fourth-order valence-corrected chi connectivity index (χ4v) is 2.79. The SMILES string of the molecule is NCC1CN(c2ccc([N+](=O)[O-])cc2I)CCO1. The largest absolute Gasteiger partial charge is 0.373 e. The van der Waals surface area contributed by atoms with E-state index in [9.17, 15) is 10.1 Å². The van der Waals surface area contributed by atoms with Gasteiger partial charge in [-0.3, -0.25) is 10.1 Å². The highest BCUT2D eigenvalue weighted by Crippen LogP contribution is 2.28. The van der Waals surface area contributed by atoms with Crippen LogP contribution in [0.25, 0.3) is 0 Å². The molecule has 7 heteroatoms. The summed E-state index contributed by atoms with van der Waals surface area (Å²) in [6.07, 6.45) is 0.0322. The Morgan fingerprint density at radius 1 is 1.61 bits per heavy atom. The van der Waals surface area contributed by atoms with Gasteiger partial charge in [0.05, 0.1) is 23.3 Å². The first-order chi connectivity index (χ1) is 8.61. The number of nitrogens with zero attached hydrogens (tertiary/aromatic N) is 2. The molecule has 18 heavy (non-hydrogen) atoms. The van der Waals surface area contributed by atoms with Crippen molar-refractivity contribution in [2.45, 2.75) is 6.10 Å². The van der Waals surface area contributed by atoms with E-state index in [2.05, 4.69) is 27.5 Å². The molecule has 0 aromatic heterocycles. The van der Waals surface area contributed by atoms with Crippen molar-refractivity contribution in [2.75, 3.05) is 31.1 Å². The molecule has 0 radical (unpaired) electrons. The molecule has 1 saturated heterocycles. The Hall–Kier alpha value is -0.930. The van der Waals surface area contributed by atoms with Gasteiger partial charge in [0.15, 0.2) is 0 Å². The van der Waals surface area contributed by atoms with Gasteiger partial charge in [0, 0.05) is 35.3 Å². The summed E-state index contributed by atoms with van der Waals surface area (Å²) in [5.41, 5.74) is 6.72. The zero-order valence-corrected chi connectivity index (χ0v) is 11.9. The average Bonchev–Trinajstić information content (AvgIpc) is 2.38. The molecule has 98 valence electrons. The van der Waals surface area contributed by atoms with E-state index in [0.717, 1.165) is 22.3 Å². The average molecular weight is 363 g/mol. The summed E-state index contributed by atoms with van der Waals surface area (Å²) in [4.78, 5) is 12.5. The van der Waals surface area contributed by atoms with E-state index < -0.39 is 0 Å². The Labute approximate surface area is 118 Å². The van der Waals surface area contributed by atoms with Gasteiger partial charge in [-0.15, -0.1) is 0 Å². The van der Waals surface area contributed by atoms with Crippen molar-refractivity contribution in [3.05, 3.63) is 31.9 Å². The molecule has 1 heterocycles. The predicted octanol–water partition coefficient (Wildman–Crippen LogP) is 1.36. The quantitative estimate of drug-likeness (QED) is 0.498. The highest BCUT2D eigenvalue weighted by molar-refractivity contribution is 14.1. The number of hydrogen-bond acceptors (Lipinski definition) is 5. The van der Waals surface area contributed by atoms with Crippen LogP contribution in [0.5, 0.6) is 0 Å². The molecule has 2 rings (SSSR count). The van der Waals surface area contributed by atoms with E-state index in [4.69, 9.17) is 10.5 Å². The van der Waals surface area contributed by atoms with Crippen molar-refractivity contribution in [1.82, 2.24) is 0 Å². The monoisotopic (exact) mass is 363 g/mol. The highest BCUT2D eigenvalue weighted by Gasteiger charge is 2.21. The Balaban J connectivity index is 2.20. The van der Waals surface area contributed by atoms with E-state index >= 15 is 0 Å². The number of nitro benzene ring substituents is 1. The molecule has 1 aromatic carbocycles. The lowest BCUT2D eigenvalue weighted by atomic mass is 10.2. The smallest absolute Gasteiger partial charge is 0.270 e. The number of hydrogen-bond donors (Lipinski definition) is 1. The molecule has 0 amide bonds. The van der Waals surface area contributed by atoms with Gasteiger partial charge in [-0.05, 0) is 28.7 Å². The maximum Gasteiger partial charge on any atom is 0.270 e. The number of anilines is 1. The first-order valence-corrected chi connectivity index (χ1v) is 6.70. The normalized spacial score (nSPS) is 19.9. The van der Waals surface area contributed by atoms with Gasteiger partial charge in [-0.1, -0.05) is 0 Å². The number of morpholine rings is 1. The molecule has 0 bridgehead atoms. The van der Waals surface area contributed by atoms with Crippen molar-refractivity contribution in [3.63, 3.8) is 0 Å². The van der Waals surface area contributed by atoms with Crippen LogP contribution in [0.3, 0.4) is 0 Å². The van der Waals surface area contributed by atoms with Crippen LogP contribution in [-0.2, 0) is 4.74 Å². The lowest BCUT2D eigenvalue weighted by Gasteiger charge is -2.34. The van der Waals surface area contributed by atoms with E-state index in [1.807, 2.05) is 0 Å². The topological polar surface area (TPSA) is 81.6 Å². The first kappa shape index (κ1) is 13.5. The molecule has 1 aliphatic rings. The van der Waals surface area contributed by atoms with Crippen molar-refractivity contribution in [1.29, 1.82) is 0 Å². The fourth-order valence-electron chi connectivity index (χ4n) is 1.95. The van der Waals surface area contributed by atoms with Crippen LogP contribution in [0, 0.1) is 13.7 Å². The lowest BCUT2D eigenvalue weighted by Crippen LogP contribution is -2.45. The number of benzene rings is 1. The third kappa shape index (κ3) is 2.90. The summed E-state index contributed by atoms with van der Waals surface area (Å²) in [6, 6.07) is 4.91. The summed E-state index contributed by atoms with van der Waals surface area (Å²) in [7, 11) is 0. The zero-order chi connectivity index (χ0) is 13.1.